The predicted octanol–water partition coefficient (Wildman–Crippen LogP) is 3.87. The summed E-state index contributed by atoms with van der Waals surface area (Å²) in [5.74, 6) is 0.971. The Morgan fingerprint density at radius 3 is 2.47 bits per heavy atom. The Balaban J connectivity index is 2.12. The topological polar surface area (TPSA) is 29.5 Å². The summed E-state index contributed by atoms with van der Waals surface area (Å²) in [5, 5.41) is 10.3. The van der Waals surface area contributed by atoms with E-state index >= 15 is 0 Å². The van der Waals surface area contributed by atoms with Gasteiger partial charge >= 0.3 is 0 Å². The Bertz CT molecular complexity index is 483. The molecule has 2 nitrogen and oxygen atoms in total. The maximum absolute atomic E-state index is 9.68. The molecular weight excluding hydrogens is 280 g/mol. The summed E-state index contributed by atoms with van der Waals surface area (Å²) < 4.78 is 5.70. The molecule has 0 atom stereocenters. The smallest absolute Gasteiger partial charge is 0.127 e. The first kappa shape index (κ1) is 12.0. The second-order valence-electron chi connectivity index (χ2n) is 3.66. The van der Waals surface area contributed by atoms with Crippen LogP contribution in [-0.4, -0.2) is 5.11 Å². The van der Waals surface area contributed by atoms with E-state index in [2.05, 4.69) is 15.9 Å². The van der Waals surface area contributed by atoms with Gasteiger partial charge in [-0.05, 0) is 17.7 Å². The van der Waals surface area contributed by atoms with Crippen LogP contribution in [0.1, 0.15) is 11.1 Å². The molecular formula is C14H13BrO2. The lowest BCUT2D eigenvalue weighted by atomic mass is 10.2. The zero-order valence-electron chi connectivity index (χ0n) is 9.27. The van der Waals surface area contributed by atoms with Crippen molar-refractivity contribution in [1.82, 2.24) is 0 Å². The number of alkyl halides is 1. The van der Waals surface area contributed by atoms with Gasteiger partial charge in [0.2, 0.25) is 0 Å². The van der Waals surface area contributed by atoms with E-state index in [1.165, 1.54) is 0 Å². The largest absolute Gasteiger partial charge is 0.507 e. The fourth-order valence-electron chi connectivity index (χ4n) is 1.56. The second-order valence-corrected chi connectivity index (χ2v) is 4.22. The van der Waals surface area contributed by atoms with E-state index in [1.807, 2.05) is 36.4 Å². The molecule has 0 aliphatic heterocycles. The van der Waals surface area contributed by atoms with Gasteiger partial charge in [0.15, 0.2) is 0 Å². The van der Waals surface area contributed by atoms with Crippen LogP contribution in [-0.2, 0) is 11.9 Å². The molecule has 0 bridgehead atoms. The molecule has 0 aliphatic carbocycles. The van der Waals surface area contributed by atoms with Crippen molar-refractivity contribution in [3.05, 3.63) is 59.7 Å². The number of hydrogen-bond acceptors (Lipinski definition) is 2. The Morgan fingerprint density at radius 1 is 1.00 bits per heavy atom. The van der Waals surface area contributed by atoms with Crippen LogP contribution in [0, 0.1) is 0 Å². The average molecular weight is 293 g/mol. The predicted molar refractivity (Wildman–Crippen MR) is 71.5 cm³/mol. The maximum Gasteiger partial charge on any atom is 0.127 e. The number of benzene rings is 2. The highest BCUT2D eigenvalue weighted by molar-refractivity contribution is 9.08. The number of ether oxygens (including phenoxy) is 1. The molecule has 0 saturated heterocycles. The van der Waals surface area contributed by atoms with Crippen LogP contribution < -0.4 is 4.74 Å². The van der Waals surface area contributed by atoms with E-state index in [-0.39, 0.29) is 5.75 Å². The lowest BCUT2D eigenvalue weighted by Gasteiger charge is -2.11. The molecule has 0 saturated carbocycles. The molecule has 1 N–H and O–H groups in total. The first-order valence-corrected chi connectivity index (χ1v) is 6.47. The molecule has 2 aromatic carbocycles. The standard InChI is InChI=1S/C14H13BrO2/c15-9-12-13(16)7-4-8-14(12)17-10-11-5-2-1-3-6-11/h1-8,16H,9-10H2. The second kappa shape index (κ2) is 5.73. The van der Waals surface area contributed by atoms with Gasteiger partial charge in [-0.2, -0.15) is 0 Å². The number of halogens is 1. The van der Waals surface area contributed by atoms with Crippen LogP contribution in [0.3, 0.4) is 0 Å². The first-order chi connectivity index (χ1) is 8.31. The Hall–Kier alpha value is -1.48. The van der Waals surface area contributed by atoms with Gasteiger partial charge in [-0.3, -0.25) is 0 Å². The molecule has 0 radical (unpaired) electrons. The van der Waals surface area contributed by atoms with Crippen LogP contribution >= 0.6 is 15.9 Å². The fraction of sp³-hybridized carbons (Fsp3) is 0.143. The molecule has 0 amide bonds. The van der Waals surface area contributed by atoms with Crippen molar-refractivity contribution < 1.29 is 9.84 Å². The molecule has 2 rings (SSSR count). The molecule has 3 heteroatoms. The van der Waals surface area contributed by atoms with Gasteiger partial charge < -0.3 is 9.84 Å². The maximum atomic E-state index is 9.68. The number of aromatic hydroxyl groups is 1. The Labute approximate surface area is 109 Å². The van der Waals surface area contributed by atoms with E-state index in [1.54, 1.807) is 12.1 Å². The van der Waals surface area contributed by atoms with Gasteiger partial charge in [0.1, 0.15) is 18.1 Å². The van der Waals surface area contributed by atoms with Gasteiger partial charge in [-0.1, -0.05) is 52.3 Å². The summed E-state index contributed by atoms with van der Waals surface area (Å²) in [5.41, 5.74) is 1.89. The van der Waals surface area contributed by atoms with Crippen molar-refractivity contribution in [3.8, 4) is 11.5 Å². The van der Waals surface area contributed by atoms with E-state index in [0.717, 1.165) is 11.1 Å². The molecule has 88 valence electrons. The normalized spacial score (nSPS) is 10.2. The van der Waals surface area contributed by atoms with Gasteiger partial charge in [0.05, 0.1) is 0 Å². The minimum Gasteiger partial charge on any atom is -0.507 e. The van der Waals surface area contributed by atoms with Crippen LogP contribution in [0.15, 0.2) is 48.5 Å². The molecule has 0 unspecified atom stereocenters. The highest BCUT2D eigenvalue weighted by Gasteiger charge is 2.07. The summed E-state index contributed by atoms with van der Waals surface area (Å²) >= 11 is 3.35. The number of rotatable bonds is 4. The highest BCUT2D eigenvalue weighted by Crippen LogP contribution is 2.30. The third-order valence-corrected chi connectivity index (χ3v) is 3.04. The van der Waals surface area contributed by atoms with Crippen molar-refractivity contribution in [2.45, 2.75) is 11.9 Å². The molecule has 17 heavy (non-hydrogen) atoms. The van der Waals surface area contributed by atoms with Gasteiger partial charge in [-0.25, -0.2) is 0 Å². The van der Waals surface area contributed by atoms with E-state index in [4.69, 9.17) is 4.74 Å². The number of phenolic OH excluding ortho intramolecular Hbond substituents is 1. The molecule has 0 aromatic heterocycles. The lowest BCUT2D eigenvalue weighted by molar-refractivity contribution is 0.301. The van der Waals surface area contributed by atoms with Gasteiger partial charge in [-0.15, -0.1) is 0 Å². The monoisotopic (exact) mass is 292 g/mol. The van der Waals surface area contributed by atoms with E-state index in [9.17, 15) is 5.11 Å². The Morgan fingerprint density at radius 2 is 1.76 bits per heavy atom. The summed E-state index contributed by atoms with van der Waals surface area (Å²) in [6.07, 6.45) is 0. The number of hydrogen-bond donors (Lipinski definition) is 1. The van der Waals surface area contributed by atoms with Crippen molar-refractivity contribution in [1.29, 1.82) is 0 Å². The molecule has 0 fully saturated rings. The summed E-state index contributed by atoms with van der Waals surface area (Å²) in [6.45, 7) is 0.504. The van der Waals surface area contributed by atoms with E-state index in [0.29, 0.717) is 17.7 Å². The zero-order valence-corrected chi connectivity index (χ0v) is 10.9. The van der Waals surface area contributed by atoms with Crippen molar-refractivity contribution in [3.63, 3.8) is 0 Å². The first-order valence-electron chi connectivity index (χ1n) is 5.35. The van der Waals surface area contributed by atoms with Gasteiger partial charge in [0.25, 0.3) is 0 Å². The molecule has 0 aliphatic rings. The summed E-state index contributed by atoms with van der Waals surface area (Å²) in [6, 6.07) is 15.3. The SMILES string of the molecule is Oc1cccc(OCc2ccccc2)c1CBr. The third-order valence-electron chi connectivity index (χ3n) is 2.48. The summed E-state index contributed by atoms with van der Waals surface area (Å²) in [4.78, 5) is 0. The minimum atomic E-state index is 0.257. The van der Waals surface area contributed by atoms with Crippen LogP contribution in [0.5, 0.6) is 11.5 Å². The third kappa shape index (κ3) is 3.01. The van der Waals surface area contributed by atoms with Crippen LogP contribution in [0.2, 0.25) is 0 Å². The highest BCUT2D eigenvalue weighted by atomic mass is 79.9. The van der Waals surface area contributed by atoms with Crippen molar-refractivity contribution in [2.75, 3.05) is 0 Å². The average Bonchev–Trinajstić information content (AvgIpc) is 2.37. The quantitative estimate of drug-likeness (QED) is 0.867. The molecule has 2 aromatic rings. The minimum absolute atomic E-state index is 0.257. The Kier molecular flexibility index (Phi) is 4.04. The van der Waals surface area contributed by atoms with Gasteiger partial charge in [0, 0.05) is 10.9 Å². The molecule has 0 heterocycles. The van der Waals surface area contributed by atoms with E-state index < -0.39 is 0 Å². The zero-order chi connectivity index (χ0) is 12.1. The fourth-order valence-corrected chi connectivity index (χ4v) is 2.12. The lowest BCUT2D eigenvalue weighted by Crippen LogP contribution is -1.97. The van der Waals surface area contributed by atoms with Crippen molar-refractivity contribution in [2.24, 2.45) is 0 Å². The van der Waals surface area contributed by atoms with Crippen LogP contribution in [0.25, 0.3) is 0 Å². The molecule has 0 spiro atoms. The number of phenols is 1. The van der Waals surface area contributed by atoms with Crippen molar-refractivity contribution >= 4 is 15.9 Å². The van der Waals surface area contributed by atoms with Crippen LogP contribution in [0.4, 0.5) is 0 Å². The summed E-state index contributed by atoms with van der Waals surface area (Å²) in [7, 11) is 0.